The first-order valence-electron chi connectivity index (χ1n) is 5.52. The van der Waals surface area contributed by atoms with E-state index in [4.69, 9.17) is 0 Å². The van der Waals surface area contributed by atoms with Crippen molar-refractivity contribution in [3.8, 4) is 11.5 Å². The molecule has 0 atom stereocenters. The zero-order valence-corrected chi connectivity index (χ0v) is 11.0. The molecule has 1 heterocycles. The van der Waals surface area contributed by atoms with Crippen LogP contribution >= 0.6 is 0 Å². The van der Waals surface area contributed by atoms with Gasteiger partial charge in [0, 0.05) is 19.2 Å². The molecule has 0 bridgehead atoms. The third kappa shape index (κ3) is 2.72. The van der Waals surface area contributed by atoms with E-state index in [1.54, 1.807) is 0 Å². The Balaban J connectivity index is 2.21. The van der Waals surface area contributed by atoms with E-state index < -0.39 is 8.07 Å². The van der Waals surface area contributed by atoms with Crippen LogP contribution < -0.4 is 0 Å². The van der Waals surface area contributed by atoms with E-state index in [0.717, 1.165) is 5.69 Å². The molecule has 0 saturated heterocycles. The van der Waals surface area contributed by atoms with Gasteiger partial charge in [0.2, 0.25) is 0 Å². The Morgan fingerprint density at radius 1 is 1.40 bits per heavy atom. The van der Waals surface area contributed by atoms with Crippen molar-refractivity contribution >= 4 is 8.07 Å². The lowest BCUT2D eigenvalue weighted by Crippen LogP contribution is -2.16. The van der Waals surface area contributed by atoms with Crippen molar-refractivity contribution in [1.29, 1.82) is 0 Å². The highest BCUT2D eigenvalue weighted by molar-refractivity contribution is 6.83. The number of imidazole rings is 1. The zero-order chi connectivity index (χ0) is 11.1. The van der Waals surface area contributed by atoms with Gasteiger partial charge >= 0.3 is 0 Å². The Morgan fingerprint density at radius 2 is 2.07 bits per heavy atom. The number of rotatable bonds is 1. The second-order valence-corrected chi connectivity index (χ2v) is 10.1. The van der Waals surface area contributed by atoms with Gasteiger partial charge in [-0.1, -0.05) is 25.6 Å². The lowest BCUT2D eigenvalue weighted by atomic mass is 10.4. The average Bonchev–Trinajstić information content (AvgIpc) is 2.87. The largest absolute Gasteiger partial charge is 0.336 e. The maximum absolute atomic E-state index is 4.59. The Morgan fingerprint density at radius 3 is 2.60 bits per heavy atom. The quantitative estimate of drug-likeness (QED) is 0.523. The fourth-order valence-electron chi connectivity index (χ4n) is 1.51. The van der Waals surface area contributed by atoms with Crippen LogP contribution in [0.3, 0.4) is 0 Å². The minimum atomic E-state index is -1.27. The SMILES string of the molecule is Cn1cc(C#C[Si](C)(C)C)nc1C1CC1. The van der Waals surface area contributed by atoms with Crippen LogP contribution in [0.15, 0.2) is 6.20 Å². The van der Waals surface area contributed by atoms with Crippen molar-refractivity contribution in [1.82, 2.24) is 9.55 Å². The molecule has 0 aromatic carbocycles. The monoisotopic (exact) mass is 218 g/mol. The fourth-order valence-corrected chi connectivity index (χ4v) is 2.02. The summed E-state index contributed by atoms with van der Waals surface area (Å²) in [5, 5.41) is 0. The van der Waals surface area contributed by atoms with Crippen molar-refractivity contribution in [2.24, 2.45) is 7.05 Å². The molecule has 0 spiro atoms. The van der Waals surface area contributed by atoms with Gasteiger partial charge in [-0.25, -0.2) is 4.98 Å². The lowest BCUT2D eigenvalue weighted by molar-refractivity contribution is 0.799. The molecule has 1 aromatic rings. The van der Waals surface area contributed by atoms with Gasteiger partial charge in [-0.2, -0.15) is 0 Å². The molecule has 0 unspecified atom stereocenters. The van der Waals surface area contributed by atoms with Crippen molar-refractivity contribution in [3.05, 3.63) is 17.7 Å². The molecule has 0 aliphatic heterocycles. The number of nitrogens with zero attached hydrogens (tertiary/aromatic N) is 2. The molecule has 1 aliphatic rings. The van der Waals surface area contributed by atoms with E-state index in [-0.39, 0.29) is 0 Å². The van der Waals surface area contributed by atoms with Crippen molar-refractivity contribution < 1.29 is 0 Å². The molecule has 2 rings (SSSR count). The minimum Gasteiger partial charge on any atom is -0.336 e. The normalized spacial score (nSPS) is 16.0. The van der Waals surface area contributed by atoms with Crippen molar-refractivity contribution in [3.63, 3.8) is 0 Å². The molecule has 1 aliphatic carbocycles. The third-order valence-corrected chi connectivity index (χ3v) is 3.30. The van der Waals surface area contributed by atoms with Crippen LogP contribution in [0.25, 0.3) is 0 Å². The van der Waals surface area contributed by atoms with E-state index in [2.05, 4.69) is 53.9 Å². The molecule has 2 nitrogen and oxygen atoms in total. The van der Waals surface area contributed by atoms with E-state index in [1.807, 2.05) is 0 Å². The van der Waals surface area contributed by atoms with Gasteiger partial charge < -0.3 is 4.57 Å². The third-order valence-electron chi connectivity index (χ3n) is 2.42. The highest BCUT2D eigenvalue weighted by atomic mass is 28.3. The molecule has 0 amide bonds. The van der Waals surface area contributed by atoms with E-state index >= 15 is 0 Å². The second kappa shape index (κ2) is 3.53. The number of hydrogen-bond donors (Lipinski definition) is 0. The molecule has 0 radical (unpaired) electrons. The van der Waals surface area contributed by atoms with Crippen LogP contribution in [0, 0.1) is 11.5 Å². The van der Waals surface area contributed by atoms with Crippen LogP contribution in [-0.4, -0.2) is 17.6 Å². The van der Waals surface area contributed by atoms with Gasteiger partial charge in [0.05, 0.1) is 0 Å². The van der Waals surface area contributed by atoms with Gasteiger partial charge in [-0.3, -0.25) is 0 Å². The summed E-state index contributed by atoms with van der Waals surface area (Å²) in [5.74, 6) is 5.13. The first kappa shape index (κ1) is 10.5. The Labute approximate surface area is 92.7 Å². The maximum atomic E-state index is 4.59. The first-order valence-corrected chi connectivity index (χ1v) is 9.02. The predicted molar refractivity (Wildman–Crippen MR) is 65.4 cm³/mol. The summed E-state index contributed by atoms with van der Waals surface area (Å²) < 4.78 is 2.13. The van der Waals surface area contributed by atoms with Gasteiger partial charge in [0.1, 0.15) is 19.6 Å². The molecular weight excluding hydrogens is 200 g/mol. The molecule has 15 heavy (non-hydrogen) atoms. The molecule has 80 valence electrons. The highest BCUT2D eigenvalue weighted by Crippen LogP contribution is 2.38. The number of aromatic nitrogens is 2. The van der Waals surface area contributed by atoms with E-state index in [0.29, 0.717) is 5.92 Å². The Hall–Kier alpha value is -1.01. The van der Waals surface area contributed by atoms with E-state index in [1.165, 1.54) is 18.7 Å². The van der Waals surface area contributed by atoms with Crippen LogP contribution in [0.1, 0.15) is 30.3 Å². The van der Waals surface area contributed by atoms with E-state index in [9.17, 15) is 0 Å². The Kier molecular flexibility index (Phi) is 2.47. The highest BCUT2D eigenvalue weighted by Gasteiger charge is 2.27. The Bertz CT molecular complexity index is 425. The summed E-state index contributed by atoms with van der Waals surface area (Å²) in [4.78, 5) is 4.59. The molecule has 0 N–H and O–H groups in total. The van der Waals surface area contributed by atoms with Crippen molar-refractivity contribution in [2.45, 2.75) is 38.4 Å². The standard InChI is InChI=1S/C12H18N2Si/c1-14-9-11(7-8-15(2,3)4)13-12(14)10-5-6-10/h9-10H,5-6H2,1-4H3. The summed E-state index contributed by atoms with van der Waals surface area (Å²) in [6, 6.07) is 0. The number of hydrogen-bond acceptors (Lipinski definition) is 1. The second-order valence-electron chi connectivity index (χ2n) is 5.37. The summed E-state index contributed by atoms with van der Waals surface area (Å²) in [7, 11) is 0.800. The van der Waals surface area contributed by atoms with Gasteiger partial charge in [0.25, 0.3) is 0 Å². The minimum absolute atomic E-state index is 0.706. The lowest BCUT2D eigenvalue weighted by Gasteiger charge is -2.02. The first-order chi connectivity index (χ1) is 6.96. The zero-order valence-electron chi connectivity index (χ0n) is 9.96. The summed E-state index contributed by atoms with van der Waals surface area (Å²) in [5.41, 5.74) is 4.30. The average molecular weight is 218 g/mol. The fraction of sp³-hybridized carbons (Fsp3) is 0.583. The van der Waals surface area contributed by atoms with Gasteiger partial charge in [-0.15, -0.1) is 5.54 Å². The molecular formula is C12H18N2Si. The molecule has 1 saturated carbocycles. The van der Waals surface area contributed by atoms with Crippen LogP contribution in [-0.2, 0) is 7.05 Å². The van der Waals surface area contributed by atoms with Crippen molar-refractivity contribution in [2.75, 3.05) is 0 Å². The van der Waals surface area contributed by atoms with Crippen LogP contribution in [0.5, 0.6) is 0 Å². The van der Waals surface area contributed by atoms with Gasteiger partial charge in [0.15, 0.2) is 0 Å². The van der Waals surface area contributed by atoms with Gasteiger partial charge in [-0.05, 0) is 12.8 Å². The topological polar surface area (TPSA) is 17.8 Å². The van der Waals surface area contributed by atoms with Crippen LogP contribution in [0.4, 0.5) is 0 Å². The summed E-state index contributed by atoms with van der Waals surface area (Å²) >= 11 is 0. The number of aryl methyl sites for hydroxylation is 1. The summed E-state index contributed by atoms with van der Waals surface area (Å²) in [6.45, 7) is 6.76. The molecule has 1 fully saturated rings. The maximum Gasteiger partial charge on any atom is 0.130 e. The smallest absolute Gasteiger partial charge is 0.130 e. The molecule has 1 aromatic heterocycles. The summed E-state index contributed by atoms with van der Waals surface area (Å²) in [6.07, 6.45) is 4.65. The predicted octanol–water partition coefficient (Wildman–Crippen LogP) is 2.53. The van der Waals surface area contributed by atoms with Crippen LogP contribution in [0.2, 0.25) is 19.6 Å². The molecule has 3 heteroatoms.